The Morgan fingerprint density at radius 2 is 2.04 bits per heavy atom. The van der Waals surface area contributed by atoms with Crippen LogP contribution in [0.4, 0.5) is 5.69 Å². The Kier molecular flexibility index (Phi) is 5.57. The van der Waals surface area contributed by atoms with Crippen LogP contribution in [0.1, 0.15) is 22.8 Å². The number of nitrogens with one attached hydrogen (secondary N) is 1. The molecule has 0 atom stereocenters. The number of amides is 1. The monoisotopic (exact) mass is 313 g/mol. The molecular weight excluding hydrogens is 294 g/mol. The van der Waals surface area contributed by atoms with E-state index in [1.807, 2.05) is 19.1 Å². The zero-order valence-corrected chi connectivity index (χ0v) is 13.1. The number of hydrazone groups is 1. The minimum atomic E-state index is -0.375. The molecule has 0 saturated carbocycles. The summed E-state index contributed by atoms with van der Waals surface area (Å²) >= 11 is 0. The number of methoxy groups -OCH3 is 1. The number of nitrogen functional groups attached to an aromatic ring is 1. The minimum Gasteiger partial charge on any atom is -0.493 e. The molecule has 0 aliphatic heterocycles. The number of hydrogen-bond acceptors (Lipinski definition) is 5. The van der Waals surface area contributed by atoms with E-state index in [1.54, 1.807) is 37.4 Å². The van der Waals surface area contributed by atoms with E-state index in [-0.39, 0.29) is 5.91 Å². The topological polar surface area (TPSA) is 85.9 Å². The number of anilines is 1. The number of ether oxygens (including phenoxy) is 2. The molecule has 0 aliphatic carbocycles. The number of benzene rings is 2. The molecule has 2 aromatic rings. The molecule has 0 spiro atoms. The van der Waals surface area contributed by atoms with Gasteiger partial charge in [-0.1, -0.05) is 18.2 Å². The van der Waals surface area contributed by atoms with Crippen LogP contribution in [0, 0.1) is 0 Å². The summed E-state index contributed by atoms with van der Waals surface area (Å²) in [6.07, 6.45) is 1.50. The van der Waals surface area contributed by atoms with Gasteiger partial charge in [-0.05, 0) is 31.2 Å². The predicted molar refractivity (Wildman–Crippen MR) is 90.1 cm³/mol. The first kappa shape index (κ1) is 16.4. The van der Waals surface area contributed by atoms with Gasteiger partial charge in [-0.2, -0.15) is 5.10 Å². The van der Waals surface area contributed by atoms with Crippen LogP contribution < -0.4 is 20.6 Å². The summed E-state index contributed by atoms with van der Waals surface area (Å²) in [5.41, 5.74) is 9.68. The third kappa shape index (κ3) is 4.00. The van der Waals surface area contributed by atoms with E-state index in [9.17, 15) is 4.79 Å². The van der Waals surface area contributed by atoms with Gasteiger partial charge in [0, 0.05) is 11.3 Å². The Bertz CT molecular complexity index is 714. The highest BCUT2D eigenvalue weighted by molar-refractivity contribution is 5.99. The van der Waals surface area contributed by atoms with Gasteiger partial charge in [0.05, 0.1) is 25.5 Å². The van der Waals surface area contributed by atoms with Gasteiger partial charge >= 0.3 is 0 Å². The van der Waals surface area contributed by atoms with Crippen LogP contribution in [0.25, 0.3) is 0 Å². The van der Waals surface area contributed by atoms with Crippen LogP contribution in [0.2, 0.25) is 0 Å². The Morgan fingerprint density at radius 3 is 2.74 bits per heavy atom. The van der Waals surface area contributed by atoms with Gasteiger partial charge < -0.3 is 15.2 Å². The first-order valence-electron chi connectivity index (χ1n) is 7.15. The van der Waals surface area contributed by atoms with Gasteiger partial charge in [-0.3, -0.25) is 4.79 Å². The number of carbonyl (C=O) groups is 1. The number of rotatable bonds is 6. The molecule has 0 aliphatic rings. The Morgan fingerprint density at radius 1 is 1.26 bits per heavy atom. The quantitative estimate of drug-likeness (QED) is 0.487. The molecule has 0 saturated heterocycles. The van der Waals surface area contributed by atoms with E-state index < -0.39 is 0 Å². The van der Waals surface area contributed by atoms with E-state index in [1.165, 1.54) is 6.21 Å². The summed E-state index contributed by atoms with van der Waals surface area (Å²) in [5.74, 6) is 0.810. The lowest BCUT2D eigenvalue weighted by molar-refractivity contribution is 0.0956. The van der Waals surface area contributed by atoms with Crippen molar-refractivity contribution in [2.75, 3.05) is 19.5 Å². The second kappa shape index (κ2) is 7.84. The average Bonchev–Trinajstić information content (AvgIpc) is 2.56. The molecule has 6 heteroatoms. The molecule has 0 heterocycles. The molecule has 0 fully saturated rings. The van der Waals surface area contributed by atoms with Gasteiger partial charge in [-0.25, -0.2) is 5.43 Å². The van der Waals surface area contributed by atoms with Gasteiger partial charge in [0.1, 0.15) is 0 Å². The second-order valence-electron chi connectivity index (χ2n) is 4.60. The number of nitrogens with two attached hydrogens (primary N) is 1. The third-order valence-corrected chi connectivity index (χ3v) is 3.09. The van der Waals surface area contributed by atoms with Crippen LogP contribution in [0.15, 0.2) is 47.6 Å². The lowest BCUT2D eigenvalue weighted by atomic mass is 10.2. The number of para-hydroxylation sites is 2. The highest BCUT2D eigenvalue weighted by atomic mass is 16.5. The smallest absolute Gasteiger partial charge is 0.273 e. The van der Waals surface area contributed by atoms with Crippen molar-refractivity contribution in [1.82, 2.24) is 5.43 Å². The Balaban J connectivity index is 2.15. The highest BCUT2D eigenvalue weighted by Crippen LogP contribution is 2.29. The first-order chi connectivity index (χ1) is 11.2. The lowest BCUT2D eigenvalue weighted by Gasteiger charge is -2.11. The summed E-state index contributed by atoms with van der Waals surface area (Å²) in [6, 6.07) is 12.2. The van der Waals surface area contributed by atoms with Gasteiger partial charge in [-0.15, -0.1) is 0 Å². The predicted octanol–water partition coefficient (Wildman–Crippen LogP) is 2.44. The van der Waals surface area contributed by atoms with Crippen LogP contribution in [-0.4, -0.2) is 25.8 Å². The third-order valence-electron chi connectivity index (χ3n) is 3.09. The van der Waals surface area contributed by atoms with Crippen molar-refractivity contribution in [2.24, 2.45) is 5.10 Å². The van der Waals surface area contributed by atoms with Crippen molar-refractivity contribution >= 4 is 17.8 Å². The number of carbonyl (C=O) groups excluding carboxylic acids is 1. The minimum absolute atomic E-state index is 0.375. The maximum atomic E-state index is 12.0. The lowest BCUT2D eigenvalue weighted by Crippen LogP contribution is -2.19. The van der Waals surface area contributed by atoms with Crippen molar-refractivity contribution in [3.8, 4) is 11.5 Å². The maximum absolute atomic E-state index is 12.0. The van der Waals surface area contributed by atoms with Crippen LogP contribution in [0.3, 0.4) is 0 Å². The van der Waals surface area contributed by atoms with E-state index in [0.29, 0.717) is 34.9 Å². The van der Waals surface area contributed by atoms with E-state index in [0.717, 1.165) is 0 Å². The van der Waals surface area contributed by atoms with Crippen molar-refractivity contribution in [3.63, 3.8) is 0 Å². The standard InChI is InChI=1S/C17H19N3O3/c1-3-23-16-12(7-6-10-15(16)22-2)11-19-20-17(21)13-8-4-5-9-14(13)18/h4-11H,3,18H2,1-2H3,(H,20,21)/b19-11-. The highest BCUT2D eigenvalue weighted by Gasteiger charge is 2.10. The van der Waals surface area contributed by atoms with Crippen molar-refractivity contribution in [3.05, 3.63) is 53.6 Å². The molecule has 0 bridgehead atoms. The summed E-state index contributed by atoms with van der Waals surface area (Å²) < 4.78 is 10.8. The van der Waals surface area contributed by atoms with Crippen LogP contribution >= 0.6 is 0 Å². The van der Waals surface area contributed by atoms with E-state index in [4.69, 9.17) is 15.2 Å². The summed E-state index contributed by atoms with van der Waals surface area (Å²) in [6.45, 7) is 2.38. The molecule has 23 heavy (non-hydrogen) atoms. The largest absolute Gasteiger partial charge is 0.493 e. The molecule has 6 nitrogen and oxygen atoms in total. The van der Waals surface area contributed by atoms with E-state index in [2.05, 4.69) is 10.5 Å². The molecule has 0 radical (unpaired) electrons. The summed E-state index contributed by atoms with van der Waals surface area (Å²) in [7, 11) is 1.57. The van der Waals surface area contributed by atoms with Crippen molar-refractivity contribution in [1.29, 1.82) is 0 Å². The van der Waals surface area contributed by atoms with Crippen molar-refractivity contribution < 1.29 is 14.3 Å². The summed E-state index contributed by atoms with van der Waals surface area (Å²) in [4.78, 5) is 12.0. The molecular formula is C17H19N3O3. The van der Waals surface area contributed by atoms with Gasteiger partial charge in [0.15, 0.2) is 11.5 Å². The Hall–Kier alpha value is -3.02. The average molecular weight is 313 g/mol. The van der Waals surface area contributed by atoms with Gasteiger partial charge in [0.2, 0.25) is 0 Å². The normalized spacial score (nSPS) is 10.5. The van der Waals surface area contributed by atoms with E-state index >= 15 is 0 Å². The molecule has 3 N–H and O–H groups in total. The van der Waals surface area contributed by atoms with Crippen molar-refractivity contribution in [2.45, 2.75) is 6.92 Å². The van der Waals surface area contributed by atoms with Crippen LogP contribution in [0.5, 0.6) is 11.5 Å². The summed E-state index contributed by atoms with van der Waals surface area (Å²) in [5, 5.41) is 3.96. The molecule has 0 unspecified atom stereocenters. The SMILES string of the molecule is CCOc1c(/C=N\NC(=O)c2ccccc2N)cccc1OC. The number of hydrogen-bond donors (Lipinski definition) is 2. The maximum Gasteiger partial charge on any atom is 0.273 e. The first-order valence-corrected chi connectivity index (χ1v) is 7.15. The molecule has 2 aromatic carbocycles. The zero-order chi connectivity index (χ0) is 16.7. The van der Waals surface area contributed by atoms with Gasteiger partial charge in [0.25, 0.3) is 5.91 Å². The van der Waals surface area contributed by atoms with Crippen LogP contribution in [-0.2, 0) is 0 Å². The molecule has 2 rings (SSSR count). The molecule has 120 valence electrons. The zero-order valence-electron chi connectivity index (χ0n) is 13.1. The fourth-order valence-corrected chi connectivity index (χ4v) is 2.02. The number of nitrogens with zero attached hydrogens (tertiary/aromatic N) is 1. The second-order valence-corrected chi connectivity index (χ2v) is 4.60. The Labute approximate surface area is 134 Å². The molecule has 0 aromatic heterocycles. The fourth-order valence-electron chi connectivity index (χ4n) is 2.02. The molecule has 1 amide bonds. The fraction of sp³-hybridized carbons (Fsp3) is 0.176.